The first kappa shape index (κ1) is 40.6. The molecule has 0 amide bonds. The summed E-state index contributed by atoms with van der Waals surface area (Å²) in [6.07, 6.45) is 46.5. The van der Waals surface area contributed by atoms with Crippen LogP contribution in [0.4, 0.5) is 0 Å². The van der Waals surface area contributed by atoms with E-state index in [4.69, 9.17) is 38.2 Å². The molecule has 4 rings (SSSR count). The second-order valence-electron chi connectivity index (χ2n) is 14.8. The molecule has 0 aromatic heterocycles. The van der Waals surface area contributed by atoms with Gasteiger partial charge in [0, 0.05) is 48.6 Å². The summed E-state index contributed by atoms with van der Waals surface area (Å²) in [4.78, 5) is 0. The Morgan fingerprint density at radius 3 is 1.87 bits per heavy atom. The molecule has 0 N–H and O–H groups in total. The molecule has 272 valence electrons. The maximum absolute atomic E-state index is 6.22. The summed E-state index contributed by atoms with van der Waals surface area (Å²) in [6.45, 7) is 4.53. The van der Waals surface area contributed by atoms with Crippen molar-refractivity contribution in [3.05, 3.63) is 24.3 Å². The number of ether oxygens (including phenoxy) is 4. The minimum Gasteiger partial charge on any atom is -0.443 e. The normalized spacial score (nSPS) is 33.1. The molecule has 4 aliphatic rings. The molecular weight excluding hydrogens is 653 g/mol. The van der Waals surface area contributed by atoms with Crippen molar-refractivity contribution in [2.75, 3.05) is 7.11 Å². The van der Waals surface area contributed by atoms with Crippen LogP contribution in [0.3, 0.4) is 0 Å². The van der Waals surface area contributed by atoms with Gasteiger partial charge in [0.2, 0.25) is 0 Å². The van der Waals surface area contributed by atoms with Crippen LogP contribution in [-0.4, -0.2) is 31.5 Å². The second kappa shape index (κ2) is 22.7. The van der Waals surface area contributed by atoms with Crippen LogP contribution in [0.25, 0.3) is 0 Å². The molecule has 0 saturated heterocycles. The second-order valence-corrected chi connectivity index (χ2v) is 14.8. The van der Waals surface area contributed by atoms with Crippen LogP contribution in [0.5, 0.6) is 0 Å². The van der Waals surface area contributed by atoms with Crippen LogP contribution < -0.4 is 0 Å². The molecule has 53 heavy (non-hydrogen) atoms. The Morgan fingerprint density at radius 1 is 0.509 bits per heavy atom. The highest BCUT2D eigenvalue weighted by Crippen LogP contribution is 2.48. The van der Waals surface area contributed by atoms with E-state index in [1.54, 1.807) is 0 Å². The van der Waals surface area contributed by atoms with E-state index in [0.29, 0.717) is 41.4 Å². The topological polar surface area (TPSA) is 36.9 Å². The van der Waals surface area contributed by atoms with Gasteiger partial charge in [-0.15, -0.1) is 19.3 Å². The molecule has 0 aromatic rings. The van der Waals surface area contributed by atoms with E-state index in [1.165, 1.54) is 25.7 Å². The van der Waals surface area contributed by atoms with Gasteiger partial charge in [-0.25, -0.2) is 0 Å². The summed E-state index contributed by atoms with van der Waals surface area (Å²) in [5, 5.41) is 0. The predicted molar refractivity (Wildman–Crippen MR) is 212 cm³/mol. The first-order chi connectivity index (χ1) is 26.0. The molecule has 4 nitrogen and oxygen atoms in total. The largest absolute Gasteiger partial charge is 0.443 e. The molecule has 4 aliphatic carbocycles. The lowest BCUT2D eigenvalue weighted by molar-refractivity contribution is -0.0562. The van der Waals surface area contributed by atoms with Crippen molar-refractivity contribution in [2.45, 2.75) is 115 Å². The van der Waals surface area contributed by atoms with E-state index in [-0.39, 0.29) is 24.4 Å². The zero-order valence-electron chi connectivity index (χ0n) is 31.6. The van der Waals surface area contributed by atoms with E-state index in [0.717, 1.165) is 57.3 Å². The van der Waals surface area contributed by atoms with Crippen molar-refractivity contribution in [1.82, 2.24) is 0 Å². The van der Waals surface area contributed by atoms with Crippen LogP contribution >= 0.6 is 0 Å². The van der Waals surface area contributed by atoms with Crippen molar-refractivity contribution in [3.8, 4) is 109 Å². The molecule has 4 saturated carbocycles. The minimum absolute atomic E-state index is 0.133. The Hall–Kier alpha value is -5.12. The van der Waals surface area contributed by atoms with Crippen LogP contribution in [-0.2, 0) is 18.9 Å². The average molecular weight is 705 g/mol. The zero-order chi connectivity index (χ0) is 37.7. The van der Waals surface area contributed by atoms with Gasteiger partial charge in [0.15, 0.2) is 0 Å². The summed E-state index contributed by atoms with van der Waals surface area (Å²) in [5.74, 6) is 34.6. The Kier molecular flexibility index (Phi) is 17.4. The highest BCUT2D eigenvalue weighted by molar-refractivity contribution is 5.41. The van der Waals surface area contributed by atoms with Gasteiger partial charge in [0.1, 0.15) is 36.6 Å². The third-order valence-corrected chi connectivity index (χ3v) is 11.7. The first-order valence-corrected chi connectivity index (χ1v) is 19.2. The van der Waals surface area contributed by atoms with Crippen molar-refractivity contribution in [2.24, 2.45) is 47.3 Å². The van der Waals surface area contributed by atoms with Crippen LogP contribution in [0.1, 0.15) is 90.9 Å². The summed E-state index contributed by atoms with van der Waals surface area (Å²) in [5.41, 5.74) is 0. The number of hydrogen-bond acceptors (Lipinski definition) is 4. The minimum atomic E-state index is -0.228. The smallest absolute Gasteiger partial charge is 0.148 e. The Balaban J connectivity index is 1.46. The molecule has 4 heteroatoms. The number of methoxy groups -OCH3 is 1. The monoisotopic (exact) mass is 704 g/mol. The molecule has 0 aromatic carbocycles. The fraction of sp³-hybridized carbons (Fsp3) is 0.551. The fourth-order valence-electron chi connectivity index (χ4n) is 9.31. The van der Waals surface area contributed by atoms with Crippen molar-refractivity contribution in [1.29, 1.82) is 0 Å². The highest BCUT2D eigenvalue weighted by atomic mass is 16.5. The lowest BCUT2D eigenvalue weighted by atomic mass is 9.62. The molecule has 12 unspecified atom stereocenters. The Labute approximate surface area is 320 Å². The molecule has 12 atom stereocenters. The maximum atomic E-state index is 6.22. The van der Waals surface area contributed by atoms with E-state index >= 15 is 0 Å². The van der Waals surface area contributed by atoms with Gasteiger partial charge < -0.3 is 18.9 Å². The van der Waals surface area contributed by atoms with Gasteiger partial charge in [-0.05, 0) is 155 Å². The molecule has 0 heterocycles. The molecular formula is C49H52O4. The molecule has 0 spiro atoms. The van der Waals surface area contributed by atoms with Crippen LogP contribution in [0, 0.1) is 156 Å². The lowest BCUT2D eigenvalue weighted by Gasteiger charge is -2.45. The quantitative estimate of drug-likeness (QED) is 0.182. The van der Waals surface area contributed by atoms with Gasteiger partial charge >= 0.3 is 0 Å². The van der Waals surface area contributed by atoms with E-state index < -0.39 is 0 Å². The highest BCUT2D eigenvalue weighted by Gasteiger charge is 2.44. The standard InChI is InChI=1S/C49H52O4/c1-7-11-14-15-16-17-18-19-32-51-44-23-20-22-41(34-44)45-33-38(5)24-25-39(45)26-27-43-35-46(40(21-10-4)36-48(43)50-6)42-28-29-47(52-30-12-8-2)49(37-42)53-31-13-9-3/h1-3,10,21,26-27,38-49H,20,22-25,28-29,33-37H2,4-6H3/b21-10+,27-26+. The van der Waals surface area contributed by atoms with Gasteiger partial charge in [-0.1, -0.05) is 37.6 Å². The number of rotatable bonds is 9. The molecule has 0 radical (unpaired) electrons. The van der Waals surface area contributed by atoms with Gasteiger partial charge in [0.25, 0.3) is 0 Å². The third kappa shape index (κ3) is 12.8. The lowest BCUT2D eigenvalue weighted by Crippen LogP contribution is -2.43. The first-order valence-electron chi connectivity index (χ1n) is 19.2. The van der Waals surface area contributed by atoms with E-state index in [9.17, 15) is 0 Å². The van der Waals surface area contributed by atoms with Gasteiger partial charge in [0.05, 0.1) is 6.10 Å². The summed E-state index contributed by atoms with van der Waals surface area (Å²) in [7, 11) is 1.87. The van der Waals surface area contributed by atoms with Gasteiger partial charge in [-0.2, -0.15) is 0 Å². The van der Waals surface area contributed by atoms with Gasteiger partial charge in [-0.3, -0.25) is 0 Å². The zero-order valence-corrected chi connectivity index (χ0v) is 31.6. The van der Waals surface area contributed by atoms with Crippen molar-refractivity contribution in [3.63, 3.8) is 0 Å². The summed E-state index contributed by atoms with van der Waals surface area (Å²) in [6, 6.07) is 0. The average Bonchev–Trinajstić information content (AvgIpc) is 3.17. The number of allylic oxidation sites excluding steroid dienone is 3. The van der Waals surface area contributed by atoms with Crippen LogP contribution in [0.2, 0.25) is 0 Å². The maximum Gasteiger partial charge on any atom is 0.148 e. The van der Waals surface area contributed by atoms with Crippen molar-refractivity contribution < 1.29 is 18.9 Å². The van der Waals surface area contributed by atoms with Crippen molar-refractivity contribution >= 4 is 0 Å². The van der Waals surface area contributed by atoms with E-state index in [2.05, 4.69) is 128 Å². The SMILES string of the molecule is C#CC#CC#CC#CC#COC1CCCC(C2CC(C)CCC2/C=C/C2CC(C3CCC(OC#CC#C)C(OC#CC#C)C3)C(/C=C/C)CC2OC)C1. The Morgan fingerprint density at radius 2 is 1.15 bits per heavy atom. The molecule has 4 fully saturated rings. The summed E-state index contributed by atoms with van der Waals surface area (Å²) >= 11 is 0. The van der Waals surface area contributed by atoms with Crippen LogP contribution in [0.15, 0.2) is 24.3 Å². The van der Waals surface area contributed by atoms with E-state index in [1.807, 2.05) is 7.11 Å². The summed E-state index contributed by atoms with van der Waals surface area (Å²) < 4.78 is 24.0. The Bertz CT molecular complexity index is 1790. The third-order valence-electron chi connectivity index (χ3n) is 11.7. The predicted octanol–water partition coefficient (Wildman–Crippen LogP) is 7.77. The molecule has 0 bridgehead atoms. The number of hydrogen-bond donors (Lipinski definition) is 0. The number of terminal acetylenes is 3. The molecule has 0 aliphatic heterocycles. The fourth-order valence-corrected chi connectivity index (χ4v) is 9.31.